The summed E-state index contributed by atoms with van der Waals surface area (Å²) in [4.78, 5) is 9.56. The highest BCUT2D eigenvalue weighted by molar-refractivity contribution is 9.13. The van der Waals surface area contributed by atoms with E-state index < -0.39 is 4.92 Å². The maximum atomic E-state index is 10.1. The Morgan fingerprint density at radius 3 is 2.40 bits per heavy atom. The Morgan fingerprint density at radius 2 is 2.20 bits per heavy atom. The van der Waals surface area contributed by atoms with Crippen LogP contribution in [0.4, 0.5) is 5.82 Å². The van der Waals surface area contributed by atoms with E-state index in [4.69, 9.17) is 0 Å². The maximum Gasteiger partial charge on any atom is 0.358 e. The van der Waals surface area contributed by atoms with Crippen LogP contribution in [-0.2, 0) is 0 Å². The van der Waals surface area contributed by atoms with Crippen molar-refractivity contribution < 1.29 is 4.92 Å². The zero-order valence-corrected chi connectivity index (χ0v) is 7.64. The molecule has 0 aromatic carbocycles. The monoisotopic (exact) mass is 269 g/mol. The quantitative estimate of drug-likeness (QED) is 0.625. The van der Waals surface area contributed by atoms with Crippen LogP contribution < -0.4 is 0 Å². The Morgan fingerprint density at radius 1 is 1.60 bits per heavy atom. The molecule has 1 heterocycles. The Labute approximate surface area is 72.2 Å². The fraction of sp³-hybridized carbons (Fsp3) is 0. The molecule has 1 aromatic heterocycles. The summed E-state index contributed by atoms with van der Waals surface area (Å²) in [6, 6.07) is 0. The third-order valence-electron chi connectivity index (χ3n) is 0.832. The molecular formula is C3HBr2N3O2. The van der Waals surface area contributed by atoms with Crippen molar-refractivity contribution in [2.75, 3.05) is 0 Å². The fourth-order valence-corrected chi connectivity index (χ4v) is 1.02. The van der Waals surface area contributed by atoms with Crippen molar-refractivity contribution in [2.24, 2.45) is 0 Å². The van der Waals surface area contributed by atoms with E-state index in [1.165, 1.54) is 0 Å². The number of aromatic amines is 1. The third kappa shape index (κ3) is 1.19. The van der Waals surface area contributed by atoms with Crippen molar-refractivity contribution in [1.29, 1.82) is 0 Å². The van der Waals surface area contributed by atoms with Gasteiger partial charge in [-0.2, -0.15) is 0 Å². The van der Waals surface area contributed by atoms with Gasteiger partial charge in [0.2, 0.25) is 0 Å². The van der Waals surface area contributed by atoms with Crippen molar-refractivity contribution in [3.8, 4) is 0 Å². The van der Waals surface area contributed by atoms with E-state index in [2.05, 4.69) is 42.1 Å². The molecule has 0 saturated heterocycles. The highest BCUT2D eigenvalue weighted by Crippen LogP contribution is 2.28. The molecule has 0 aliphatic rings. The second-order valence-electron chi connectivity index (χ2n) is 1.43. The highest BCUT2D eigenvalue weighted by Gasteiger charge is 2.16. The summed E-state index contributed by atoms with van der Waals surface area (Å²) in [6.07, 6.45) is 0. The summed E-state index contributed by atoms with van der Waals surface area (Å²) in [6.45, 7) is 0. The largest absolute Gasteiger partial charge is 0.358 e. The molecule has 0 aliphatic carbocycles. The first-order valence-electron chi connectivity index (χ1n) is 2.16. The molecule has 0 atom stereocenters. The topological polar surface area (TPSA) is 71.8 Å². The number of rotatable bonds is 1. The van der Waals surface area contributed by atoms with Gasteiger partial charge in [-0.15, -0.1) is 5.10 Å². The van der Waals surface area contributed by atoms with Gasteiger partial charge < -0.3 is 10.1 Å². The second-order valence-corrected chi connectivity index (χ2v) is 2.98. The van der Waals surface area contributed by atoms with Gasteiger partial charge in [-0.1, -0.05) is 5.10 Å². The lowest BCUT2D eigenvalue weighted by atomic mass is 10.7. The zero-order valence-electron chi connectivity index (χ0n) is 4.47. The van der Waals surface area contributed by atoms with E-state index in [1.54, 1.807) is 0 Å². The van der Waals surface area contributed by atoms with E-state index in [9.17, 15) is 10.1 Å². The molecule has 0 spiro atoms. The van der Waals surface area contributed by atoms with Gasteiger partial charge in [0.15, 0.2) is 4.60 Å². The number of nitrogens with zero attached hydrogens (tertiary/aromatic N) is 2. The summed E-state index contributed by atoms with van der Waals surface area (Å²) in [7, 11) is 0. The maximum absolute atomic E-state index is 10.1. The van der Waals surface area contributed by atoms with E-state index in [0.717, 1.165) is 0 Å². The predicted octanol–water partition coefficient (Wildman–Crippen LogP) is 1.84. The van der Waals surface area contributed by atoms with E-state index >= 15 is 0 Å². The first kappa shape index (κ1) is 7.67. The Kier molecular flexibility index (Phi) is 2.05. The van der Waals surface area contributed by atoms with Crippen LogP contribution in [0.15, 0.2) is 9.08 Å². The Hall–Kier alpha value is -0.430. The van der Waals surface area contributed by atoms with Crippen molar-refractivity contribution in [1.82, 2.24) is 10.2 Å². The Bertz CT molecular complexity index is 271. The molecule has 54 valence electrons. The number of nitro groups is 1. The molecule has 1 aromatic rings. The van der Waals surface area contributed by atoms with Gasteiger partial charge >= 0.3 is 5.82 Å². The summed E-state index contributed by atoms with van der Waals surface area (Å²) in [5.41, 5.74) is 0. The number of hydrogen-bond acceptors (Lipinski definition) is 3. The van der Waals surface area contributed by atoms with Gasteiger partial charge in [0.25, 0.3) is 0 Å². The summed E-state index contributed by atoms with van der Waals surface area (Å²) in [5.74, 6) is -0.146. The molecule has 0 fully saturated rings. The standard InChI is InChI=1S/C3HBr2N3O2/c4-1-2(5)6-7-3(1)8(9)10/h(H,6,7). The number of nitrogens with one attached hydrogen (secondary N) is 1. The smallest absolute Gasteiger partial charge is 0.358 e. The number of aromatic nitrogens is 2. The van der Waals surface area contributed by atoms with Crippen LogP contribution in [0.1, 0.15) is 0 Å². The summed E-state index contributed by atoms with van der Waals surface area (Å²) < 4.78 is 0.733. The Balaban J connectivity index is 3.17. The minimum Gasteiger partial charge on any atom is -0.358 e. The molecule has 0 amide bonds. The van der Waals surface area contributed by atoms with Gasteiger partial charge in [0.05, 0.1) is 0 Å². The minimum atomic E-state index is -0.554. The molecule has 10 heavy (non-hydrogen) atoms. The predicted molar refractivity (Wildman–Crippen MR) is 40.6 cm³/mol. The van der Waals surface area contributed by atoms with Crippen LogP contribution in [-0.4, -0.2) is 15.1 Å². The summed E-state index contributed by atoms with van der Waals surface area (Å²) >= 11 is 5.96. The number of hydrogen-bond donors (Lipinski definition) is 1. The van der Waals surface area contributed by atoms with Crippen molar-refractivity contribution in [3.63, 3.8) is 0 Å². The average Bonchev–Trinajstić information content (AvgIpc) is 2.14. The zero-order chi connectivity index (χ0) is 7.72. The second kappa shape index (κ2) is 2.67. The van der Waals surface area contributed by atoms with Gasteiger partial charge in [-0.25, -0.2) is 0 Å². The lowest BCUT2D eigenvalue weighted by Gasteiger charge is -1.86. The summed E-state index contributed by atoms with van der Waals surface area (Å²) in [5, 5.41) is 15.9. The number of halogens is 2. The van der Waals surface area contributed by atoms with E-state index in [-0.39, 0.29) is 5.82 Å². The molecule has 0 aliphatic heterocycles. The van der Waals surface area contributed by atoms with Crippen molar-refractivity contribution >= 4 is 37.7 Å². The van der Waals surface area contributed by atoms with Gasteiger partial charge in [-0.05, 0) is 36.8 Å². The molecule has 0 bridgehead atoms. The first-order chi connectivity index (χ1) is 4.63. The van der Waals surface area contributed by atoms with Gasteiger partial charge in [0, 0.05) is 0 Å². The normalized spacial score (nSPS) is 9.80. The molecule has 7 heteroatoms. The average molecular weight is 271 g/mol. The van der Waals surface area contributed by atoms with Gasteiger partial charge in [-0.3, -0.25) is 0 Å². The van der Waals surface area contributed by atoms with Crippen LogP contribution in [0.2, 0.25) is 0 Å². The lowest BCUT2D eigenvalue weighted by molar-refractivity contribution is -0.390. The first-order valence-corrected chi connectivity index (χ1v) is 3.75. The van der Waals surface area contributed by atoms with Crippen LogP contribution in [0.5, 0.6) is 0 Å². The SMILES string of the molecule is O=[N+]([O-])c1[nH]nc(Br)c1Br. The highest BCUT2D eigenvalue weighted by atomic mass is 79.9. The molecule has 1 rings (SSSR count). The minimum absolute atomic E-state index is 0.146. The van der Waals surface area contributed by atoms with Crippen LogP contribution in [0, 0.1) is 10.1 Å². The fourth-order valence-electron chi connectivity index (χ4n) is 0.419. The van der Waals surface area contributed by atoms with Crippen LogP contribution in [0.25, 0.3) is 0 Å². The molecule has 0 unspecified atom stereocenters. The molecule has 0 saturated carbocycles. The molecule has 5 nitrogen and oxygen atoms in total. The van der Waals surface area contributed by atoms with Crippen molar-refractivity contribution in [2.45, 2.75) is 0 Å². The molecule has 1 N–H and O–H groups in total. The molecular weight excluding hydrogens is 270 g/mol. The van der Waals surface area contributed by atoms with Crippen LogP contribution >= 0.6 is 31.9 Å². The van der Waals surface area contributed by atoms with E-state index in [0.29, 0.717) is 9.08 Å². The third-order valence-corrected chi connectivity index (χ3v) is 2.69. The number of H-pyrrole nitrogens is 1. The van der Waals surface area contributed by atoms with Gasteiger partial charge in [0.1, 0.15) is 4.47 Å². The molecule has 0 radical (unpaired) electrons. The van der Waals surface area contributed by atoms with E-state index in [1.807, 2.05) is 0 Å². The van der Waals surface area contributed by atoms with Crippen molar-refractivity contribution in [3.05, 3.63) is 19.2 Å². The van der Waals surface area contributed by atoms with Crippen LogP contribution in [0.3, 0.4) is 0 Å². The lowest BCUT2D eigenvalue weighted by Crippen LogP contribution is -1.87.